The second kappa shape index (κ2) is 5.52. The van der Waals surface area contributed by atoms with Gasteiger partial charge in [0.2, 0.25) is 5.91 Å². The molecule has 0 atom stereocenters. The topological polar surface area (TPSA) is 104 Å². The number of benzene rings is 1. The third-order valence-corrected chi connectivity index (χ3v) is 2.91. The summed E-state index contributed by atoms with van der Waals surface area (Å²) in [6.45, 7) is 1.99. The van der Waals surface area contributed by atoms with Crippen LogP contribution in [0.4, 0.5) is 5.69 Å². The summed E-state index contributed by atoms with van der Waals surface area (Å²) >= 11 is 0. The Bertz CT molecular complexity index is 663. The number of primary amides is 1. The Hall–Kier alpha value is -2.70. The minimum atomic E-state index is -0.627. The molecule has 0 aliphatic carbocycles. The fourth-order valence-corrected chi connectivity index (χ4v) is 1.99. The van der Waals surface area contributed by atoms with Gasteiger partial charge >= 0.3 is 0 Å². The van der Waals surface area contributed by atoms with Crippen LogP contribution in [0.5, 0.6) is 0 Å². The molecule has 20 heavy (non-hydrogen) atoms. The zero-order chi connectivity index (χ0) is 14.7. The highest BCUT2D eigenvalue weighted by atomic mass is 16.6. The monoisotopic (exact) mass is 274 g/mol. The van der Waals surface area contributed by atoms with E-state index in [2.05, 4.69) is 4.98 Å². The summed E-state index contributed by atoms with van der Waals surface area (Å²) in [7, 11) is 0. The zero-order valence-corrected chi connectivity index (χ0v) is 10.9. The average molecular weight is 274 g/mol. The van der Waals surface area contributed by atoms with E-state index in [1.807, 2.05) is 6.92 Å². The molecule has 0 radical (unpaired) electrons. The molecule has 7 nitrogen and oxygen atoms in total. The molecule has 2 rings (SSSR count). The maximum absolute atomic E-state index is 11.2. The number of nitrogens with two attached hydrogens (primary N) is 1. The SMILES string of the molecule is CCCc1nccn1-c1cc(C(N)=O)ccc1[N+](=O)[O-]. The van der Waals surface area contributed by atoms with Crippen LogP contribution < -0.4 is 5.73 Å². The second-order valence-corrected chi connectivity index (χ2v) is 4.29. The molecule has 1 aromatic carbocycles. The number of carbonyl (C=O) groups excluding carboxylic acids is 1. The summed E-state index contributed by atoms with van der Waals surface area (Å²) in [6.07, 6.45) is 4.76. The number of hydrogen-bond donors (Lipinski definition) is 1. The standard InChI is InChI=1S/C13H14N4O3/c1-2-3-12-15-6-7-16(12)11-8-9(13(14)18)4-5-10(11)17(19)20/h4-8H,2-3H2,1H3,(H2,14,18). The number of amides is 1. The third-order valence-electron chi connectivity index (χ3n) is 2.91. The van der Waals surface area contributed by atoms with Gasteiger partial charge in [-0.05, 0) is 18.6 Å². The molecule has 0 saturated carbocycles. The smallest absolute Gasteiger partial charge is 0.293 e. The van der Waals surface area contributed by atoms with Gasteiger partial charge in [-0.15, -0.1) is 0 Å². The molecule has 1 amide bonds. The maximum Gasteiger partial charge on any atom is 0.293 e. The number of rotatable bonds is 5. The first kappa shape index (κ1) is 13.7. The highest BCUT2D eigenvalue weighted by Crippen LogP contribution is 2.25. The van der Waals surface area contributed by atoms with E-state index in [0.29, 0.717) is 17.9 Å². The van der Waals surface area contributed by atoms with Crippen molar-refractivity contribution in [2.24, 2.45) is 5.73 Å². The van der Waals surface area contributed by atoms with Gasteiger partial charge in [0.15, 0.2) is 0 Å². The van der Waals surface area contributed by atoms with E-state index in [-0.39, 0.29) is 11.3 Å². The van der Waals surface area contributed by atoms with Crippen molar-refractivity contribution in [3.05, 3.63) is 52.1 Å². The van der Waals surface area contributed by atoms with Gasteiger partial charge in [0.05, 0.1) is 4.92 Å². The van der Waals surface area contributed by atoms with Crippen molar-refractivity contribution >= 4 is 11.6 Å². The fraction of sp³-hybridized carbons (Fsp3) is 0.231. The van der Waals surface area contributed by atoms with Crippen LogP contribution >= 0.6 is 0 Å². The maximum atomic E-state index is 11.2. The first-order chi connectivity index (χ1) is 9.54. The Morgan fingerprint density at radius 3 is 2.85 bits per heavy atom. The third kappa shape index (κ3) is 2.51. The molecule has 2 N–H and O–H groups in total. The molecule has 7 heteroatoms. The Morgan fingerprint density at radius 2 is 2.25 bits per heavy atom. The van der Waals surface area contributed by atoms with E-state index < -0.39 is 10.8 Å². The lowest BCUT2D eigenvalue weighted by Gasteiger charge is -2.09. The van der Waals surface area contributed by atoms with Gasteiger partial charge in [0.25, 0.3) is 5.69 Å². The van der Waals surface area contributed by atoms with Crippen molar-refractivity contribution in [2.75, 3.05) is 0 Å². The fourth-order valence-electron chi connectivity index (χ4n) is 1.99. The van der Waals surface area contributed by atoms with Gasteiger partial charge < -0.3 is 5.73 Å². The number of nitro benzene ring substituents is 1. The number of aromatic nitrogens is 2. The van der Waals surface area contributed by atoms with Crippen LogP contribution in [0, 0.1) is 10.1 Å². The lowest BCUT2D eigenvalue weighted by atomic mass is 10.1. The summed E-state index contributed by atoms with van der Waals surface area (Å²) in [5, 5.41) is 11.1. The van der Waals surface area contributed by atoms with Crippen LogP contribution in [0.3, 0.4) is 0 Å². The normalized spacial score (nSPS) is 10.4. The summed E-state index contributed by atoms with van der Waals surface area (Å²) in [5.74, 6) is 0.0792. The largest absolute Gasteiger partial charge is 0.366 e. The lowest BCUT2D eigenvalue weighted by molar-refractivity contribution is -0.384. The molecular weight excluding hydrogens is 260 g/mol. The van der Waals surface area contributed by atoms with Crippen LogP contribution in [0.2, 0.25) is 0 Å². The van der Waals surface area contributed by atoms with Gasteiger partial charge in [0, 0.05) is 30.4 Å². The molecule has 0 aliphatic rings. The van der Waals surface area contributed by atoms with E-state index in [1.165, 1.54) is 18.2 Å². The molecule has 1 aromatic heterocycles. The highest BCUT2D eigenvalue weighted by molar-refractivity contribution is 5.94. The molecule has 0 saturated heterocycles. The van der Waals surface area contributed by atoms with Crippen molar-refractivity contribution < 1.29 is 9.72 Å². The Labute approximate surface area is 115 Å². The number of aryl methyl sites for hydroxylation is 1. The van der Waals surface area contributed by atoms with E-state index in [4.69, 9.17) is 5.73 Å². The Kier molecular flexibility index (Phi) is 3.79. The predicted molar refractivity (Wildman–Crippen MR) is 72.7 cm³/mol. The number of imidazole rings is 1. The molecule has 0 fully saturated rings. The Balaban J connectivity index is 2.63. The van der Waals surface area contributed by atoms with Crippen molar-refractivity contribution in [1.82, 2.24) is 9.55 Å². The molecule has 1 heterocycles. The minimum Gasteiger partial charge on any atom is -0.366 e. The van der Waals surface area contributed by atoms with Crippen molar-refractivity contribution in [3.63, 3.8) is 0 Å². The van der Waals surface area contributed by atoms with Gasteiger partial charge in [-0.1, -0.05) is 6.92 Å². The molecule has 0 bridgehead atoms. The van der Waals surface area contributed by atoms with Crippen LogP contribution in [0.15, 0.2) is 30.6 Å². The number of carbonyl (C=O) groups is 1. The van der Waals surface area contributed by atoms with Crippen molar-refractivity contribution in [3.8, 4) is 5.69 Å². The first-order valence-electron chi connectivity index (χ1n) is 6.15. The number of nitro groups is 1. The number of hydrogen-bond acceptors (Lipinski definition) is 4. The lowest BCUT2D eigenvalue weighted by Crippen LogP contribution is -2.12. The van der Waals surface area contributed by atoms with Gasteiger partial charge in [-0.2, -0.15) is 0 Å². The highest BCUT2D eigenvalue weighted by Gasteiger charge is 2.19. The summed E-state index contributed by atoms with van der Waals surface area (Å²) in [4.78, 5) is 26.1. The molecule has 0 unspecified atom stereocenters. The zero-order valence-electron chi connectivity index (χ0n) is 10.9. The molecular formula is C13H14N4O3. The van der Waals surface area contributed by atoms with E-state index in [0.717, 1.165) is 6.42 Å². The Morgan fingerprint density at radius 1 is 1.50 bits per heavy atom. The summed E-state index contributed by atoms with van der Waals surface area (Å²) < 4.78 is 1.62. The van der Waals surface area contributed by atoms with E-state index >= 15 is 0 Å². The minimum absolute atomic E-state index is 0.0923. The second-order valence-electron chi connectivity index (χ2n) is 4.29. The molecule has 0 spiro atoms. The quantitative estimate of drug-likeness (QED) is 0.663. The van der Waals surface area contributed by atoms with Crippen LogP contribution in [0.1, 0.15) is 29.5 Å². The van der Waals surface area contributed by atoms with Gasteiger partial charge in [-0.25, -0.2) is 4.98 Å². The van der Waals surface area contributed by atoms with Crippen LogP contribution in [0.25, 0.3) is 5.69 Å². The van der Waals surface area contributed by atoms with Crippen LogP contribution in [-0.2, 0) is 6.42 Å². The van der Waals surface area contributed by atoms with Gasteiger partial charge in [0.1, 0.15) is 11.5 Å². The summed E-state index contributed by atoms with van der Waals surface area (Å²) in [5.41, 5.74) is 5.66. The molecule has 0 aliphatic heterocycles. The number of nitrogens with zero attached hydrogens (tertiary/aromatic N) is 3. The van der Waals surface area contributed by atoms with Crippen molar-refractivity contribution in [1.29, 1.82) is 0 Å². The molecule has 104 valence electrons. The van der Waals surface area contributed by atoms with Crippen molar-refractivity contribution in [2.45, 2.75) is 19.8 Å². The van der Waals surface area contributed by atoms with Crippen LogP contribution in [-0.4, -0.2) is 20.4 Å². The van der Waals surface area contributed by atoms with Gasteiger partial charge in [-0.3, -0.25) is 19.5 Å². The predicted octanol–water partition coefficient (Wildman–Crippen LogP) is 1.83. The molecule has 2 aromatic rings. The van der Waals surface area contributed by atoms with E-state index in [1.54, 1.807) is 17.0 Å². The first-order valence-corrected chi connectivity index (χ1v) is 6.15. The average Bonchev–Trinajstić information content (AvgIpc) is 2.86. The van der Waals surface area contributed by atoms with E-state index in [9.17, 15) is 14.9 Å². The summed E-state index contributed by atoms with van der Waals surface area (Å²) in [6, 6.07) is 4.05.